The summed E-state index contributed by atoms with van der Waals surface area (Å²) in [7, 11) is 1.60. The normalized spacial score (nSPS) is 23.2. The van der Waals surface area contributed by atoms with Gasteiger partial charge in [-0.15, -0.1) is 0 Å². The van der Waals surface area contributed by atoms with Gasteiger partial charge in [0.25, 0.3) is 0 Å². The molecule has 1 aliphatic heterocycles. The van der Waals surface area contributed by atoms with E-state index in [9.17, 15) is 4.79 Å². The number of amides is 1. The third kappa shape index (κ3) is 2.59. The fourth-order valence-corrected chi connectivity index (χ4v) is 2.56. The van der Waals surface area contributed by atoms with Crippen molar-refractivity contribution in [2.45, 2.75) is 19.8 Å². The number of benzene rings is 1. The average molecular weight is 263 g/mol. The first-order valence-corrected chi connectivity index (χ1v) is 6.45. The van der Waals surface area contributed by atoms with Gasteiger partial charge in [0.2, 0.25) is 5.91 Å². The lowest BCUT2D eigenvalue weighted by molar-refractivity contribution is -0.127. The summed E-state index contributed by atoms with van der Waals surface area (Å²) in [6, 6.07) is 5.68. The number of carbonyl (C=O) groups excluding carboxylic acids is 1. The molecular formula is C14H21N3O2. The zero-order valence-electron chi connectivity index (χ0n) is 11.5. The van der Waals surface area contributed by atoms with Gasteiger partial charge in [-0.3, -0.25) is 4.79 Å². The van der Waals surface area contributed by atoms with Crippen LogP contribution in [0.25, 0.3) is 0 Å². The lowest BCUT2D eigenvalue weighted by Gasteiger charge is -2.39. The predicted molar refractivity (Wildman–Crippen MR) is 76.2 cm³/mol. The molecule has 5 nitrogen and oxygen atoms in total. The van der Waals surface area contributed by atoms with Gasteiger partial charge in [0, 0.05) is 24.8 Å². The molecule has 4 N–H and O–H groups in total. The number of nitrogens with zero attached hydrogens (tertiary/aromatic N) is 1. The number of hydrogen-bond donors (Lipinski definition) is 2. The summed E-state index contributed by atoms with van der Waals surface area (Å²) in [5, 5.41) is 0. The van der Waals surface area contributed by atoms with Gasteiger partial charge in [-0.25, -0.2) is 0 Å². The van der Waals surface area contributed by atoms with Crippen LogP contribution in [0.15, 0.2) is 18.2 Å². The molecule has 0 aromatic heterocycles. The van der Waals surface area contributed by atoms with E-state index in [0.717, 1.165) is 25.1 Å². The van der Waals surface area contributed by atoms with Crippen LogP contribution in [0.2, 0.25) is 0 Å². The number of ether oxygens (including phenoxy) is 1. The molecule has 1 fully saturated rings. The molecule has 0 unspecified atom stereocenters. The van der Waals surface area contributed by atoms with Crippen molar-refractivity contribution in [3.05, 3.63) is 18.2 Å². The highest BCUT2D eigenvalue weighted by Gasteiger charge is 2.36. The van der Waals surface area contributed by atoms with E-state index in [-0.39, 0.29) is 5.91 Å². The van der Waals surface area contributed by atoms with E-state index in [1.807, 2.05) is 25.1 Å². The third-order valence-electron chi connectivity index (χ3n) is 3.87. The van der Waals surface area contributed by atoms with Gasteiger partial charge >= 0.3 is 0 Å². The lowest BCUT2D eigenvalue weighted by Crippen LogP contribution is -2.48. The van der Waals surface area contributed by atoms with Crippen LogP contribution in [0.4, 0.5) is 11.4 Å². The molecule has 1 heterocycles. The van der Waals surface area contributed by atoms with Gasteiger partial charge in [0.05, 0.1) is 18.2 Å². The van der Waals surface area contributed by atoms with Crippen LogP contribution in [0, 0.1) is 5.41 Å². The Morgan fingerprint density at radius 1 is 1.47 bits per heavy atom. The van der Waals surface area contributed by atoms with Gasteiger partial charge < -0.3 is 21.1 Å². The van der Waals surface area contributed by atoms with E-state index in [4.69, 9.17) is 16.2 Å². The molecule has 5 heteroatoms. The van der Waals surface area contributed by atoms with E-state index < -0.39 is 5.41 Å². The molecule has 0 saturated carbocycles. The Balaban J connectivity index is 2.24. The van der Waals surface area contributed by atoms with Crippen LogP contribution in [-0.4, -0.2) is 26.1 Å². The summed E-state index contributed by atoms with van der Waals surface area (Å²) in [6.07, 6.45) is 1.79. The van der Waals surface area contributed by atoms with Crippen molar-refractivity contribution in [3.63, 3.8) is 0 Å². The summed E-state index contributed by atoms with van der Waals surface area (Å²) in [6.45, 7) is 3.47. The number of rotatable bonds is 3. The number of methoxy groups -OCH3 is 1. The number of anilines is 2. The minimum atomic E-state index is -0.465. The molecule has 19 heavy (non-hydrogen) atoms. The molecule has 2 rings (SSSR count). The maximum Gasteiger partial charge on any atom is 0.225 e. The van der Waals surface area contributed by atoms with Crippen molar-refractivity contribution < 1.29 is 9.53 Å². The Morgan fingerprint density at radius 2 is 2.21 bits per heavy atom. The topological polar surface area (TPSA) is 81.6 Å². The maximum atomic E-state index is 11.6. The summed E-state index contributed by atoms with van der Waals surface area (Å²) in [5.74, 6) is 0.420. The largest absolute Gasteiger partial charge is 0.495 e. The second kappa shape index (κ2) is 4.99. The molecule has 0 spiro atoms. The highest BCUT2D eigenvalue weighted by Crippen LogP contribution is 2.34. The smallest absolute Gasteiger partial charge is 0.225 e. The number of nitrogen functional groups attached to an aromatic ring is 1. The SMILES string of the molecule is COc1cc(N2CCC[C@](C)(C(N)=O)C2)ccc1N. The van der Waals surface area contributed by atoms with Crippen molar-refractivity contribution in [1.29, 1.82) is 0 Å². The number of primary amides is 1. The minimum Gasteiger partial charge on any atom is -0.495 e. The van der Waals surface area contributed by atoms with Crippen LogP contribution in [-0.2, 0) is 4.79 Å². The number of hydrogen-bond acceptors (Lipinski definition) is 4. The summed E-state index contributed by atoms with van der Waals surface area (Å²) in [4.78, 5) is 13.7. The molecule has 0 aliphatic carbocycles. The summed E-state index contributed by atoms with van der Waals surface area (Å²) in [5.41, 5.74) is 12.5. The van der Waals surface area contributed by atoms with Gasteiger partial charge in [0.1, 0.15) is 5.75 Å². The maximum absolute atomic E-state index is 11.6. The van der Waals surface area contributed by atoms with E-state index in [0.29, 0.717) is 18.0 Å². The molecule has 104 valence electrons. The van der Waals surface area contributed by atoms with Crippen LogP contribution in [0.5, 0.6) is 5.75 Å². The Morgan fingerprint density at radius 3 is 2.84 bits per heavy atom. The van der Waals surface area contributed by atoms with Crippen molar-refractivity contribution in [3.8, 4) is 5.75 Å². The molecule has 0 radical (unpaired) electrons. The van der Waals surface area contributed by atoms with Crippen LogP contribution >= 0.6 is 0 Å². The summed E-state index contributed by atoms with van der Waals surface area (Å²) >= 11 is 0. The fourth-order valence-electron chi connectivity index (χ4n) is 2.56. The average Bonchev–Trinajstić information content (AvgIpc) is 2.39. The zero-order valence-corrected chi connectivity index (χ0v) is 11.5. The van der Waals surface area contributed by atoms with Gasteiger partial charge in [-0.2, -0.15) is 0 Å². The van der Waals surface area contributed by atoms with E-state index in [1.54, 1.807) is 7.11 Å². The molecule has 1 aromatic carbocycles. The molecule has 1 saturated heterocycles. The van der Waals surface area contributed by atoms with Crippen molar-refractivity contribution in [2.75, 3.05) is 30.8 Å². The van der Waals surface area contributed by atoms with Crippen LogP contribution in [0.3, 0.4) is 0 Å². The number of carbonyl (C=O) groups is 1. The monoisotopic (exact) mass is 263 g/mol. The summed E-state index contributed by atoms with van der Waals surface area (Å²) < 4.78 is 5.23. The van der Waals surface area contributed by atoms with Gasteiger partial charge in [-0.05, 0) is 31.9 Å². The fraction of sp³-hybridized carbons (Fsp3) is 0.500. The third-order valence-corrected chi connectivity index (χ3v) is 3.87. The first-order valence-electron chi connectivity index (χ1n) is 6.45. The Kier molecular flexibility index (Phi) is 3.55. The van der Waals surface area contributed by atoms with Gasteiger partial charge in [0.15, 0.2) is 0 Å². The van der Waals surface area contributed by atoms with Crippen LogP contribution < -0.4 is 21.1 Å². The lowest BCUT2D eigenvalue weighted by atomic mass is 9.81. The second-order valence-corrected chi connectivity index (χ2v) is 5.38. The second-order valence-electron chi connectivity index (χ2n) is 5.38. The molecular weight excluding hydrogens is 242 g/mol. The molecule has 1 aromatic rings. The Bertz CT molecular complexity index is 490. The quantitative estimate of drug-likeness (QED) is 0.807. The van der Waals surface area contributed by atoms with E-state index in [2.05, 4.69) is 4.90 Å². The van der Waals surface area contributed by atoms with E-state index in [1.165, 1.54) is 0 Å². The zero-order chi connectivity index (χ0) is 14.0. The predicted octanol–water partition coefficient (Wildman–Crippen LogP) is 1.37. The van der Waals surface area contributed by atoms with Crippen molar-refractivity contribution in [1.82, 2.24) is 0 Å². The first-order chi connectivity index (χ1) is 8.96. The molecule has 1 atom stereocenters. The first kappa shape index (κ1) is 13.5. The standard InChI is InChI=1S/C14H21N3O2/c1-14(13(16)18)6-3-7-17(9-14)10-4-5-11(15)12(8-10)19-2/h4-5,8H,3,6-7,9,15H2,1-2H3,(H2,16,18)/t14-/m0/s1. The Labute approximate surface area is 113 Å². The number of piperidine rings is 1. The highest BCUT2D eigenvalue weighted by molar-refractivity contribution is 5.81. The van der Waals surface area contributed by atoms with Gasteiger partial charge in [-0.1, -0.05) is 0 Å². The van der Waals surface area contributed by atoms with E-state index >= 15 is 0 Å². The molecule has 1 amide bonds. The minimum absolute atomic E-state index is 0.236. The van der Waals surface area contributed by atoms with Crippen LogP contribution in [0.1, 0.15) is 19.8 Å². The number of nitrogens with two attached hydrogens (primary N) is 2. The molecule has 0 bridgehead atoms. The Hall–Kier alpha value is -1.91. The van der Waals surface area contributed by atoms with Crippen molar-refractivity contribution in [2.24, 2.45) is 11.1 Å². The van der Waals surface area contributed by atoms with Crippen molar-refractivity contribution >= 4 is 17.3 Å². The highest BCUT2D eigenvalue weighted by atomic mass is 16.5. The molecule has 1 aliphatic rings.